The minimum atomic E-state index is -1.20. The number of rotatable bonds is 5. The molecule has 1 aromatic heterocycles. The molecule has 0 amide bonds. The smallest absolute Gasteiger partial charge is 0.342 e. The number of fused-ring (bicyclic) bond motifs is 4. The lowest BCUT2D eigenvalue weighted by molar-refractivity contribution is -0.255. The molecule has 226 valence electrons. The van der Waals surface area contributed by atoms with E-state index in [1.165, 1.54) is 20.8 Å². The van der Waals surface area contributed by atoms with Gasteiger partial charge in [-0.05, 0) is 48.6 Å². The quantitative estimate of drug-likeness (QED) is 0.393. The van der Waals surface area contributed by atoms with E-state index < -0.39 is 64.0 Å². The number of hydrogen-bond acceptors (Lipinski definition) is 9. The van der Waals surface area contributed by atoms with Gasteiger partial charge in [0.1, 0.15) is 24.6 Å². The van der Waals surface area contributed by atoms with Gasteiger partial charge in [0.2, 0.25) is 0 Å². The van der Waals surface area contributed by atoms with E-state index in [4.69, 9.17) is 18.6 Å². The number of esters is 3. The molecule has 5 rings (SSSR count). The van der Waals surface area contributed by atoms with E-state index in [0.29, 0.717) is 37.0 Å². The molecule has 9 heteroatoms. The van der Waals surface area contributed by atoms with Crippen LogP contribution in [0.2, 0.25) is 0 Å². The first-order valence-electron chi connectivity index (χ1n) is 14.6. The highest BCUT2D eigenvalue weighted by Gasteiger charge is 2.69. The average Bonchev–Trinajstić information content (AvgIpc) is 2.90. The molecule has 9 nitrogen and oxygen atoms in total. The number of benzene rings is 1. The first-order valence-corrected chi connectivity index (χ1v) is 14.6. The van der Waals surface area contributed by atoms with E-state index in [1.807, 2.05) is 50.2 Å². The van der Waals surface area contributed by atoms with Crippen molar-refractivity contribution in [2.75, 3.05) is 6.61 Å². The Kier molecular flexibility index (Phi) is 7.62. The van der Waals surface area contributed by atoms with E-state index in [2.05, 4.69) is 6.92 Å². The zero-order chi connectivity index (χ0) is 30.6. The maximum Gasteiger partial charge on any atom is 0.342 e. The molecule has 1 heterocycles. The van der Waals surface area contributed by atoms with E-state index in [-0.39, 0.29) is 18.1 Å². The van der Waals surface area contributed by atoms with Gasteiger partial charge < -0.3 is 23.7 Å². The van der Waals surface area contributed by atoms with Crippen molar-refractivity contribution in [3.05, 3.63) is 57.9 Å². The lowest BCUT2D eigenvalue weighted by Crippen LogP contribution is -2.67. The SMILES string of the molecule is CC(=O)OCC1(C)C(OC(C)=O)CCC2(C)C1CC(OC(C)=O)C1(C)Cc3cc(-c4ccccc4)oc(=O)c3C(O)C12. The normalized spacial score (nSPS) is 35.2. The van der Waals surface area contributed by atoms with Gasteiger partial charge in [-0.15, -0.1) is 0 Å². The Morgan fingerprint density at radius 1 is 0.952 bits per heavy atom. The van der Waals surface area contributed by atoms with Crippen LogP contribution in [0.5, 0.6) is 0 Å². The minimum absolute atomic E-state index is 0.00792. The maximum atomic E-state index is 13.5. The number of ether oxygens (including phenoxy) is 3. The molecule has 8 unspecified atom stereocenters. The number of carbonyl (C=O) groups is 3. The van der Waals surface area contributed by atoms with Crippen LogP contribution in [-0.4, -0.2) is 41.8 Å². The van der Waals surface area contributed by atoms with Gasteiger partial charge in [-0.1, -0.05) is 51.1 Å². The summed E-state index contributed by atoms with van der Waals surface area (Å²) in [5, 5.41) is 12.1. The molecule has 42 heavy (non-hydrogen) atoms. The number of hydrogen-bond donors (Lipinski definition) is 1. The lowest BCUT2D eigenvalue weighted by atomic mass is 9.39. The van der Waals surface area contributed by atoms with Gasteiger partial charge in [0.25, 0.3) is 0 Å². The molecule has 1 N–H and O–H groups in total. The lowest BCUT2D eigenvalue weighted by Gasteiger charge is -2.67. The van der Waals surface area contributed by atoms with Crippen LogP contribution < -0.4 is 5.63 Å². The summed E-state index contributed by atoms with van der Waals surface area (Å²) in [6, 6.07) is 11.1. The highest BCUT2D eigenvalue weighted by atomic mass is 16.6. The van der Waals surface area contributed by atoms with Crippen LogP contribution in [0.4, 0.5) is 0 Å². The molecule has 1 aromatic carbocycles. The van der Waals surface area contributed by atoms with E-state index >= 15 is 0 Å². The Hall–Kier alpha value is -3.46. The van der Waals surface area contributed by atoms with Crippen molar-refractivity contribution in [3.8, 4) is 11.3 Å². The van der Waals surface area contributed by atoms with Crippen LogP contribution >= 0.6 is 0 Å². The summed E-state index contributed by atoms with van der Waals surface area (Å²) in [4.78, 5) is 50.1. The van der Waals surface area contributed by atoms with Crippen molar-refractivity contribution in [2.24, 2.45) is 28.1 Å². The highest BCUT2D eigenvalue weighted by molar-refractivity contribution is 5.67. The first kappa shape index (κ1) is 30.0. The predicted octanol–water partition coefficient (Wildman–Crippen LogP) is 4.77. The summed E-state index contributed by atoms with van der Waals surface area (Å²) in [7, 11) is 0. The fourth-order valence-corrected chi connectivity index (χ4v) is 8.77. The third-order valence-electron chi connectivity index (χ3n) is 10.4. The molecule has 0 radical (unpaired) electrons. The molecular weight excluding hydrogens is 540 g/mol. The molecule has 2 aromatic rings. The second-order valence-corrected chi connectivity index (χ2v) is 13.1. The number of aliphatic hydroxyl groups excluding tert-OH is 1. The molecule has 0 bridgehead atoms. The van der Waals surface area contributed by atoms with Crippen molar-refractivity contribution in [1.82, 2.24) is 0 Å². The van der Waals surface area contributed by atoms with Crippen molar-refractivity contribution >= 4 is 17.9 Å². The maximum absolute atomic E-state index is 13.5. The van der Waals surface area contributed by atoms with Crippen LogP contribution in [0.25, 0.3) is 11.3 Å². The molecule has 2 fully saturated rings. The second-order valence-electron chi connectivity index (χ2n) is 13.1. The Labute approximate surface area is 245 Å². The third kappa shape index (κ3) is 4.85. The molecule has 0 saturated heterocycles. The Balaban J connectivity index is 1.66. The van der Waals surface area contributed by atoms with Crippen molar-refractivity contribution in [1.29, 1.82) is 0 Å². The topological polar surface area (TPSA) is 129 Å². The van der Waals surface area contributed by atoms with Gasteiger partial charge in [0.15, 0.2) is 0 Å². The third-order valence-corrected chi connectivity index (χ3v) is 10.4. The van der Waals surface area contributed by atoms with Crippen molar-refractivity contribution in [2.45, 2.75) is 85.5 Å². The molecular formula is C33H40O9. The molecule has 3 aliphatic rings. The molecule has 0 aliphatic heterocycles. The summed E-state index contributed by atoms with van der Waals surface area (Å²) in [6.07, 6.45) is -0.512. The molecule has 0 spiro atoms. The Morgan fingerprint density at radius 2 is 1.60 bits per heavy atom. The van der Waals surface area contributed by atoms with Gasteiger partial charge in [-0.25, -0.2) is 4.79 Å². The monoisotopic (exact) mass is 580 g/mol. The zero-order valence-electron chi connectivity index (χ0n) is 25.1. The Morgan fingerprint density at radius 3 is 2.21 bits per heavy atom. The average molecular weight is 581 g/mol. The number of aliphatic hydroxyl groups is 1. The summed E-state index contributed by atoms with van der Waals surface area (Å²) in [5.74, 6) is -1.74. The van der Waals surface area contributed by atoms with Crippen LogP contribution in [-0.2, 0) is 35.0 Å². The second kappa shape index (κ2) is 10.7. The summed E-state index contributed by atoms with van der Waals surface area (Å²) < 4.78 is 23.2. The first-order chi connectivity index (χ1) is 19.7. The fraction of sp³-hybridized carbons (Fsp3) is 0.576. The molecule has 3 aliphatic carbocycles. The zero-order valence-corrected chi connectivity index (χ0v) is 25.1. The van der Waals surface area contributed by atoms with Gasteiger partial charge in [-0.3, -0.25) is 14.4 Å². The van der Waals surface area contributed by atoms with Crippen molar-refractivity contribution < 1.29 is 38.1 Å². The fourth-order valence-electron chi connectivity index (χ4n) is 8.77. The van der Waals surface area contributed by atoms with Gasteiger partial charge in [0, 0.05) is 43.1 Å². The van der Waals surface area contributed by atoms with Crippen LogP contribution in [0, 0.1) is 28.1 Å². The summed E-state index contributed by atoms with van der Waals surface area (Å²) >= 11 is 0. The largest absolute Gasteiger partial charge is 0.465 e. The van der Waals surface area contributed by atoms with E-state index in [1.54, 1.807) is 0 Å². The number of carbonyl (C=O) groups excluding carboxylic acids is 3. The predicted molar refractivity (Wildman–Crippen MR) is 152 cm³/mol. The van der Waals surface area contributed by atoms with E-state index in [9.17, 15) is 24.3 Å². The summed E-state index contributed by atoms with van der Waals surface area (Å²) in [6.45, 7) is 10.1. The van der Waals surface area contributed by atoms with Crippen molar-refractivity contribution in [3.63, 3.8) is 0 Å². The summed E-state index contributed by atoms with van der Waals surface area (Å²) in [5.41, 5.74) is -1.12. The van der Waals surface area contributed by atoms with E-state index in [0.717, 1.165) is 5.56 Å². The van der Waals surface area contributed by atoms with Crippen LogP contribution in [0.3, 0.4) is 0 Å². The minimum Gasteiger partial charge on any atom is -0.465 e. The highest BCUT2D eigenvalue weighted by Crippen LogP contribution is 2.69. The molecule has 8 atom stereocenters. The van der Waals surface area contributed by atoms with Gasteiger partial charge >= 0.3 is 23.5 Å². The van der Waals surface area contributed by atoms with Gasteiger partial charge in [0.05, 0.1) is 11.7 Å². The Bertz CT molecular complexity index is 1450. The molecule has 2 saturated carbocycles. The van der Waals surface area contributed by atoms with Crippen LogP contribution in [0.1, 0.15) is 78.0 Å². The van der Waals surface area contributed by atoms with Crippen LogP contribution in [0.15, 0.2) is 45.6 Å². The standard InChI is InChI=1S/C33H40O9/c1-18(34)39-17-33(6)24-15-26(41-20(3)36)32(5)16-22-14-23(21-10-8-7-9-11-21)42-30(38)27(22)28(37)29(32)31(24,4)13-12-25(33)40-19(2)35/h7-11,14,24-26,28-29,37H,12-13,15-17H2,1-6H3. The van der Waals surface area contributed by atoms with Gasteiger partial charge in [-0.2, -0.15) is 0 Å².